The van der Waals surface area contributed by atoms with Crippen molar-refractivity contribution in [3.63, 3.8) is 0 Å². The molecule has 0 fully saturated rings. The summed E-state index contributed by atoms with van der Waals surface area (Å²) in [6.45, 7) is 8.03. The first-order chi connectivity index (χ1) is 14.2. The molecule has 0 unspecified atom stereocenters. The summed E-state index contributed by atoms with van der Waals surface area (Å²) in [4.78, 5) is 9.43. The Balaban J connectivity index is 0.00000272. The molecule has 0 spiro atoms. The van der Waals surface area contributed by atoms with Gasteiger partial charge in [-0.2, -0.15) is 0 Å². The van der Waals surface area contributed by atoms with Gasteiger partial charge in [-0.15, -0.1) is 0 Å². The predicted octanol–water partition coefficient (Wildman–Crippen LogP) is 6.44. The minimum Gasteiger partial charge on any atom is -0.507 e. The molecule has 4 nitrogen and oxygen atoms in total. The van der Waals surface area contributed by atoms with Crippen molar-refractivity contribution in [2.75, 3.05) is 0 Å². The van der Waals surface area contributed by atoms with E-state index in [4.69, 9.17) is 9.98 Å². The SMILES string of the molecule is CC1(C)C=Nc2ccccc2N=CC(C)(C)c2cccc(c2O)-c2cccc1c2O.[Pt]. The van der Waals surface area contributed by atoms with Crippen molar-refractivity contribution < 1.29 is 31.3 Å². The molecule has 0 atom stereocenters. The van der Waals surface area contributed by atoms with Crippen molar-refractivity contribution in [2.24, 2.45) is 9.98 Å². The molecule has 31 heavy (non-hydrogen) atoms. The second-order valence-corrected chi connectivity index (χ2v) is 8.85. The average molecular weight is 594 g/mol. The van der Waals surface area contributed by atoms with Gasteiger partial charge in [0.05, 0.1) is 11.4 Å². The number of nitrogens with zero attached hydrogens (tertiary/aromatic N) is 2. The number of hydrogen-bond donors (Lipinski definition) is 2. The van der Waals surface area contributed by atoms with Crippen molar-refractivity contribution in [3.8, 4) is 22.6 Å². The summed E-state index contributed by atoms with van der Waals surface area (Å²) in [5, 5.41) is 22.3. The van der Waals surface area contributed by atoms with E-state index < -0.39 is 10.8 Å². The number of rotatable bonds is 0. The number of fused-ring (bicyclic) bond motifs is 6. The fourth-order valence-corrected chi connectivity index (χ4v) is 3.85. The Bertz CT molecular complexity index is 1090. The molecular weight excluding hydrogens is 567 g/mol. The molecule has 0 amide bonds. The smallest absolute Gasteiger partial charge is 0.127 e. The zero-order chi connectivity index (χ0) is 21.5. The molecule has 0 saturated heterocycles. The van der Waals surface area contributed by atoms with Gasteiger partial charge in [-0.3, -0.25) is 9.98 Å². The molecule has 4 rings (SSSR count). The summed E-state index contributed by atoms with van der Waals surface area (Å²) in [6, 6.07) is 19.0. The van der Waals surface area contributed by atoms with Crippen molar-refractivity contribution >= 4 is 23.8 Å². The van der Waals surface area contributed by atoms with Gasteiger partial charge in [0.25, 0.3) is 0 Å². The molecule has 162 valence electrons. The molecule has 0 radical (unpaired) electrons. The maximum absolute atomic E-state index is 11.2. The normalized spacial score (nSPS) is 16.0. The molecule has 3 aromatic rings. The maximum Gasteiger partial charge on any atom is 0.127 e. The van der Waals surface area contributed by atoms with E-state index in [1.807, 2.05) is 101 Å². The molecule has 5 heteroatoms. The van der Waals surface area contributed by atoms with Crippen LogP contribution in [0.1, 0.15) is 38.8 Å². The van der Waals surface area contributed by atoms with Crippen LogP contribution < -0.4 is 0 Å². The largest absolute Gasteiger partial charge is 0.507 e. The van der Waals surface area contributed by atoms with Crippen LogP contribution in [-0.4, -0.2) is 22.6 Å². The Morgan fingerprint density at radius 1 is 0.581 bits per heavy atom. The van der Waals surface area contributed by atoms with Crippen LogP contribution in [-0.2, 0) is 31.9 Å². The summed E-state index contributed by atoms with van der Waals surface area (Å²) in [5.41, 5.74) is 3.11. The molecule has 1 aliphatic rings. The second kappa shape index (κ2) is 8.43. The van der Waals surface area contributed by atoms with Crippen LogP contribution in [0.4, 0.5) is 11.4 Å². The standard InChI is InChI=1S/C26H26N2O2.Pt/c1-25(2)15-27-21-13-5-6-14-22(21)28-16-26(3,4)20-12-8-10-18(24(20)30)17-9-7-11-19(25)23(17)29;/h5-16,29-30H,1-4H3;. The van der Waals surface area contributed by atoms with Gasteiger partial charge >= 0.3 is 0 Å². The number of phenols is 2. The molecule has 0 aliphatic carbocycles. The summed E-state index contributed by atoms with van der Waals surface area (Å²) in [7, 11) is 0. The Labute approximate surface area is 197 Å². The zero-order valence-electron chi connectivity index (χ0n) is 18.0. The van der Waals surface area contributed by atoms with E-state index >= 15 is 0 Å². The van der Waals surface area contributed by atoms with Gasteiger partial charge in [-0.25, -0.2) is 0 Å². The molecule has 1 heterocycles. The van der Waals surface area contributed by atoms with Crippen LogP contribution in [0.5, 0.6) is 11.5 Å². The molecule has 1 aliphatic heterocycles. The van der Waals surface area contributed by atoms with Crippen molar-refractivity contribution in [2.45, 2.75) is 38.5 Å². The average Bonchev–Trinajstić information content (AvgIpc) is 2.71. The molecule has 2 N–H and O–H groups in total. The number of phenolic OH excluding ortho intramolecular Hbond substituents is 2. The first-order valence-corrected chi connectivity index (χ1v) is 10.1. The van der Waals surface area contributed by atoms with Crippen LogP contribution in [0.2, 0.25) is 0 Å². The Hall–Kier alpha value is -2.71. The van der Waals surface area contributed by atoms with Gasteiger partial charge < -0.3 is 10.2 Å². The third-order valence-corrected chi connectivity index (χ3v) is 5.69. The molecule has 3 aromatic carbocycles. The summed E-state index contributed by atoms with van der Waals surface area (Å²) >= 11 is 0. The first-order valence-electron chi connectivity index (χ1n) is 10.1. The van der Waals surface area contributed by atoms with E-state index in [2.05, 4.69) is 0 Å². The summed E-state index contributed by atoms with van der Waals surface area (Å²) < 4.78 is 0. The van der Waals surface area contributed by atoms with E-state index in [1.165, 1.54) is 0 Å². The van der Waals surface area contributed by atoms with E-state index in [0.29, 0.717) is 11.1 Å². The fourth-order valence-electron chi connectivity index (χ4n) is 3.85. The Kier molecular flexibility index (Phi) is 6.25. The van der Waals surface area contributed by atoms with Crippen molar-refractivity contribution in [1.82, 2.24) is 0 Å². The molecule has 0 saturated carbocycles. The van der Waals surface area contributed by atoms with Crippen LogP contribution in [0.25, 0.3) is 11.1 Å². The Morgan fingerprint density at radius 3 is 1.35 bits per heavy atom. The van der Waals surface area contributed by atoms with E-state index in [1.54, 1.807) is 0 Å². The third-order valence-electron chi connectivity index (χ3n) is 5.69. The van der Waals surface area contributed by atoms with Crippen LogP contribution in [0.3, 0.4) is 0 Å². The number of para-hydroxylation sites is 4. The van der Waals surface area contributed by atoms with Crippen molar-refractivity contribution in [3.05, 3.63) is 71.8 Å². The molecular formula is C26H26N2O2Pt. The van der Waals surface area contributed by atoms with E-state index in [9.17, 15) is 10.2 Å². The molecule has 4 bridgehead atoms. The van der Waals surface area contributed by atoms with Gasteiger partial charge in [0.15, 0.2) is 0 Å². The summed E-state index contributed by atoms with van der Waals surface area (Å²) in [6.07, 6.45) is 3.68. The molecule has 0 aromatic heterocycles. The maximum atomic E-state index is 11.2. The van der Waals surface area contributed by atoms with Gasteiger partial charge in [-0.05, 0) is 12.1 Å². The van der Waals surface area contributed by atoms with Crippen LogP contribution in [0, 0.1) is 0 Å². The zero-order valence-corrected chi connectivity index (χ0v) is 20.3. The Morgan fingerprint density at radius 2 is 0.968 bits per heavy atom. The summed E-state index contributed by atoms with van der Waals surface area (Å²) in [5.74, 6) is 0.302. The predicted molar refractivity (Wildman–Crippen MR) is 124 cm³/mol. The first kappa shape index (κ1) is 23.0. The van der Waals surface area contributed by atoms with Gasteiger partial charge in [0.2, 0.25) is 0 Å². The number of aliphatic imine (C=N–C) groups is 2. The van der Waals surface area contributed by atoms with Crippen LogP contribution in [0.15, 0.2) is 70.6 Å². The number of hydrogen-bond acceptors (Lipinski definition) is 4. The topological polar surface area (TPSA) is 65.2 Å². The van der Waals surface area contributed by atoms with Gasteiger partial charge in [0.1, 0.15) is 11.5 Å². The third kappa shape index (κ3) is 4.22. The quantitative estimate of drug-likeness (QED) is 0.315. The fraction of sp³-hybridized carbons (Fsp3) is 0.231. The van der Waals surface area contributed by atoms with Crippen molar-refractivity contribution in [1.29, 1.82) is 0 Å². The second-order valence-electron chi connectivity index (χ2n) is 8.85. The van der Waals surface area contributed by atoms with Crippen LogP contribution >= 0.6 is 0 Å². The van der Waals surface area contributed by atoms with Gasteiger partial charge in [-0.1, -0.05) is 76.2 Å². The number of aromatic hydroxyl groups is 2. The monoisotopic (exact) mass is 593 g/mol. The minimum atomic E-state index is -0.534. The number of benzene rings is 3. The minimum absolute atomic E-state index is 0. The van der Waals surface area contributed by atoms with E-state index in [-0.39, 0.29) is 32.6 Å². The van der Waals surface area contributed by atoms with Gasteiger partial charge in [0, 0.05) is 66.6 Å². The van der Waals surface area contributed by atoms with E-state index in [0.717, 1.165) is 22.5 Å².